The summed E-state index contributed by atoms with van der Waals surface area (Å²) in [4.78, 5) is 0. The molecule has 2 N–H and O–H groups in total. The highest BCUT2D eigenvalue weighted by Gasteiger charge is 2.10. The minimum absolute atomic E-state index is 0.162. The Balaban J connectivity index is 2.89. The number of hydrogen-bond acceptors (Lipinski definition) is 3. The third kappa shape index (κ3) is 2.31. The highest BCUT2D eigenvalue weighted by atomic mass is 16.4. The molecule has 4 heteroatoms. The summed E-state index contributed by atoms with van der Waals surface area (Å²) in [7, 11) is -1.44. The SMILES string of the molecule is C[C@@H](C#N)c1ccc(B(O)O)cc1. The van der Waals surface area contributed by atoms with Gasteiger partial charge in [0.1, 0.15) is 0 Å². The molecular formula is C9H10BNO2. The van der Waals surface area contributed by atoms with Crippen LogP contribution in [0.2, 0.25) is 0 Å². The van der Waals surface area contributed by atoms with E-state index < -0.39 is 7.12 Å². The van der Waals surface area contributed by atoms with Gasteiger partial charge in [0.15, 0.2) is 0 Å². The molecule has 0 heterocycles. The van der Waals surface area contributed by atoms with E-state index in [2.05, 4.69) is 6.07 Å². The second-order valence-electron chi connectivity index (χ2n) is 2.89. The predicted octanol–water partition coefficient (Wildman–Crippen LogP) is -0.00652. The van der Waals surface area contributed by atoms with Crippen molar-refractivity contribution >= 4 is 12.6 Å². The molecule has 0 radical (unpaired) electrons. The fourth-order valence-electron chi connectivity index (χ4n) is 1.03. The monoisotopic (exact) mass is 175 g/mol. The molecule has 0 aliphatic carbocycles. The largest absolute Gasteiger partial charge is 0.488 e. The smallest absolute Gasteiger partial charge is 0.423 e. The minimum Gasteiger partial charge on any atom is -0.423 e. The van der Waals surface area contributed by atoms with Crippen molar-refractivity contribution in [2.24, 2.45) is 0 Å². The van der Waals surface area contributed by atoms with Crippen LogP contribution in [0.1, 0.15) is 18.4 Å². The summed E-state index contributed by atoms with van der Waals surface area (Å²) in [5.74, 6) is -0.162. The van der Waals surface area contributed by atoms with Gasteiger partial charge in [0.25, 0.3) is 0 Å². The van der Waals surface area contributed by atoms with E-state index in [1.54, 1.807) is 31.2 Å². The summed E-state index contributed by atoms with van der Waals surface area (Å²) in [6, 6.07) is 8.76. The van der Waals surface area contributed by atoms with Crippen LogP contribution in [0.5, 0.6) is 0 Å². The van der Waals surface area contributed by atoms with E-state index in [9.17, 15) is 0 Å². The fraction of sp³-hybridized carbons (Fsp3) is 0.222. The van der Waals surface area contributed by atoms with Crippen LogP contribution in [0.3, 0.4) is 0 Å². The van der Waals surface area contributed by atoms with Gasteiger partial charge in [0, 0.05) is 0 Å². The molecule has 0 amide bonds. The first kappa shape index (κ1) is 9.78. The van der Waals surface area contributed by atoms with Crippen LogP contribution < -0.4 is 5.46 Å². The van der Waals surface area contributed by atoms with Gasteiger partial charge in [-0.15, -0.1) is 0 Å². The lowest BCUT2D eigenvalue weighted by atomic mass is 9.79. The van der Waals surface area contributed by atoms with Gasteiger partial charge in [-0.3, -0.25) is 0 Å². The molecule has 0 fully saturated rings. The summed E-state index contributed by atoms with van der Waals surface area (Å²) in [5, 5.41) is 26.2. The van der Waals surface area contributed by atoms with E-state index in [-0.39, 0.29) is 5.92 Å². The first-order valence-corrected chi connectivity index (χ1v) is 4.00. The molecule has 0 saturated carbocycles. The number of hydrogen-bond donors (Lipinski definition) is 2. The molecule has 0 bridgehead atoms. The molecule has 66 valence electrons. The standard InChI is InChI=1S/C9H10BNO2/c1-7(6-11)8-2-4-9(5-3-8)10(12)13/h2-5,7,12-13H,1H3/t7-/m0/s1. The van der Waals surface area contributed by atoms with Crippen molar-refractivity contribution in [2.45, 2.75) is 12.8 Å². The van der Waals surface area contributed by atoms with Crippen molar-refractivity contribution in [1.29, 1.82) is 5.26 Å². The van der Waals surface area contributed by atoms with Crippen LogP contribution in [0.4, 0.5) is 0 Å². The second-order valence-corrected chi connectivity index (χ2v) is 2.89. The van der Waals surface area contributed by atoms with Crippen molar-refractivity contribution in [3.63, 3.8) is 0 Å². The summed E-state index contributed by atoms with van der Waals surface area (Å²) in [6.45, 7) is 1.80. The number of nitriles is 1. The molecule has 0 aromatic heterocycles. The Morgan fingerprint density at radius 1 is 1.31 bits per heavy atom. The summed E-state index contributed by atoms with van der Waals surface area (Å²) in [5.41, 5.74) is 1.32. The molecule has 0 aliphatic heterocycles. The molecule has 1 atom stereocenters. The van der Waals surface area contributed by atoms with Crippen molar-refractivity contribution in [3.05, 3.63) is 29.8 Å². The van der Waals surface area contributed by atoms with Gasteiger partial charge in [0.2, 0.25) is 0 Å². The van der Waals surface area contributed by atoms with Crippen LogP contribution in [0.15, 0.2) is 24.3 Å². The Kier molecular flexibility index (Phi) is 3.07. The molecule has 1 aromatic rings. The third-order valence-electron chi connectivity index (χ3n) is 1.93. The van der Waals surface area contributed by atoms with Crippen LogP contribution >= 0.6 is 0 Å². The van der Waals surface area contributed by atoms with Gasteiger partial charge in [-0.05, 0) is 17.9 Å². The number of benzene rings is 1. The van der Waals surface area contributed by atoms with Crippen LogP contribution in [0, 0.1) is 11.3 Å². The summed E-state index contributed by atoms with van der Waals surface area (Å²) >= 11 is 0. The predicted molar refractivity (Wildman–Crippen MR) is 50.3 cm³/mol. The maximum atomic E-state index is 8.80. The van der Waals surface area contributed by atoms with Crippen LogP contribution in [-0.4, -0.2) is 17.2 Å². The quantitative estimate of drug-likeness (QED) is 0.621. The topological polar surface area (TPSA) is 64.2 Å². The Morgan fingerprint density at radius 3 is 2.23 bits per heavy atom. The highest BCUT2D eigenvalue weighted by Crippen LogP contribution is 2.11. The molecule has 3 nitrogen and oxygen atoms in total. The fourth-order valence-corrected chi connectivity index (χ4v) is 1.03. The van der Waals surface area contributed by atoms with E-state index in [0.29, 0.717) is 5.46 Å². The zero-order valence-electron chi connectivity index (χ0n) is 7.31. The third-order valence-corrected chi connectivity index (χ3v) is 1.93. The average molecular weight is 175 g/mol. The van der Waals surface area contributed by atoms with Crippen LogP contribution in [0.25, 0.3) is 0 Å². The molecule has 1 rings (SSSR count). The van der Waals surface area contributed by atoms with Gasteiger partial charge >= 0.3 is 7.12 Å². The molecule has 13 heavy (non-hydrogen) atoms. The zero-order chi connectivity index (χ0) is 9.84. The van der Waals surface area contributed by atoms with Gasteiger partial charge in [0.05, 0.1) is 12.0 Å². The van der Waals surface area contributed by atoms with Gasteiger partial charge in [-0.1, -0.05) is 24.3 Å². The van der Waals surface area contributed by atoms with Gasteiger partial charge < -0.3 is 10.0 Å². The maximum absolute atomic E-state index is 8.80. The minimum atomic E-state index is -1.44. The van der Waals surface area contributed by atoms with Crippen molar-refractivity contribution in [2.75, 3.05) is 0 Å². The summed E-state index contributed by atoms with van der Waals surface area (Å²) in [6.07, 6.45) is 0. The molecule has 1 aromatic carbocycles. The second kappa shape index (κ2) is 4.08. The van der Waals surface area contributed by atoms with Gasteiger partial charge in [-0.2, -0.15) is 5.26 Å². The van der Waals surface area contributed by atoms with Crippen molar-refractivity contribution in [3.8, 4) is 6.07 Å². The average Bonchev–Trinajstić information content (AvgIpc) is 2.17. The Labute approximate surface area is 77.4 Å². The van der Waals surface area contributed by atoms with E-state index >= 15 is 0 Å². The Bertz CT molecular complexity index is 315. The normalized spacial score (nSPS) is 11.8. The first-order valence-electron chi connectivity index (χ1n) is 4.00. The molecule has 0 spiro atoms. The molecule has 0 aliphatic rings. The Hall–Kier alpha value is -1.31. The summed E-state index contributed by atoms with van der Waals surface area (Å²) < 4.78 is 0. The lowest BCUT2D eigenvalue weighted by Crippen LogP contribution is -2.29. The van der Waals surface area contributed by atoms with Crippen molar-refractivity contribution < 1.29 is 10.0 Å². The lowest BCUT2D eigenvalue weighted by Gasteiger charge is -2.03. The van der Waals surface area contributed by atoms with E-state index in [1.165, 1.54) is 0 Å². The molecule has 0 saturated heterocycles. The Morgan fingerprint density at radius 2 is 1.85 bits per heavy atom. The van der Waals surface area contributed by atoms with Crippen LogP contribution in [-0.2, 0) is 0 Å². The molecule has 0 unspecified atom stereocenters. The maximum Gasteiger partial charge on any atom is 0.488 e. The zero-order valence-corrected chi connectivity index (χ0v) is 7.31. The van der Waals surface area contributed by atoms with E-state index in [1.807, 2.05) is 0 Å². The van der Waals surface area contributed by atoms with E-state index in [4.69, 9.17) is 15.3 Å². The van der Waals surface area contributed by atoms with Crippen molar-refractivity contribution in [1.82, 2.24) is 0 Å². The highest BCUT2D eigenvalue weighted by molar-refractivity contribution is 6.58. The van der Waals surface area contributed by atoms with E-state index in [0.717, 1.165) is 5.56 Å². The van der Waals surface area contributed by atoms with Gasteiger partial charge in [-0.25, -0.2) is 0 Å². The first-order chi connectivity index (χ1) is 6.15. The number of rotatable bonds is 2. The number of nitrogens with zero attached hydrogens (tertiary/aromatic N) is 1. The molecular weight excluding hydrogens is 165 g/mol. The lowest BCUT2D eigenvalue weighted by molar-refractivity contribution is 0.426.